The predicted molar refractivity (Wildman–Crippen MR) is 76.1 cm³/mol. The van der Waals surface area contributed by atoms with Gasteiger partial charge in [0.05, 0.1) is 12.7 Å². The standard InChI is InChI=1S/C15H15NO5/c1-3-12(15(19)20-2)21-14(18)10-8-13(17)16-11-7-5-4-6-9(10)11/h4-8,12H,3H2,1-2H3,(H,16,17)/t12-/m0/s1. The molecule has 0 spiro atoms. The Balaban J connectivity index is 2.39. The highest BCUT2D eigenvalue weighted by Gasteiger charge is 2.23. The Hall–Kier alpha value is -2.63. The maximum absolute atomic E-state index is 12.2. The predicted octanol–water partition coefficient (Wildman–Crippen LogP) is 1.64. The lowest BCUT2D eigenvalue weighted by Crippen LogP contribution is -2.28. The van der Waals surface area contributed by atoms with Crippen molar-refractivity contribution in [1.29, 1.82) is 0 Å². The molecule has 0 saturated carbocycles. The molecule has 1 aromatic carbocycles. The second-order valence-corrected chi connectivity index (χ2v) is 4.42. The van der Waals surface area contributed by atoms with Crippen LogP contribution in [-0.4, -0.2) is 30.1 Å². The van der Waals surface area contributed by atoms with Gasteiger partial charge in [0.25, 0.3) is 0 Å². The summed E-state index contributed by atoms with van der Waals surface area (Å²) >= 11 is 0. The van der Waals surface area contributed by atoms with Crippen molar-refractivity contribution in [2.45, 2.75) is 19.4 Å². The average molecular weight is 289 g/mol. The molecule has 1 heterocycles. The third kappa shape index (κ3) is 3.10. The van der Waals surface area contributed by atoms with Crippen molar-refractivity contribution in [3.05, 3.63) is 46.2 Å². The molecule has 21 heavy (non-hydrogen) atoms. The highest BCUT2D eigenvalue weighted by Crippen LogP contribution is 2.16. The van der Waals surface area contributed by atoms with Gasteiger partial charge in [0.1, 0.15) is 0 Å². The van der Waals surface area contributed by atoms with E-state index in [0.29, 0.717) is 17.3 Å². The van der Waals surface area contributed by atoms with E-state index in [1.54, 1.807) is 31.2 Å². The Kier molecular flexibility index (Phi) is 4.37. The molecule has 0 fully saturated rings. The molecule has 6 heteroatoms. The summed E-state index contributed by atoms with van der Waals surface area (Å²) in [5.74, 6) is -1.35. The van der Waals surface area contributed by atoms with Gasteiger partial charge in [-0.2, -0.15) is 0 Å². The highest BCUT2D eigenvalue weighted by atomic mass is 16.6. The molecule has 2 rings (SSSR count). The van der Waals surface area contributed by atoms with E-state index in [9.17, 15) is 14.4 Å². The number of aromatic nitrogens is 1. The van der Waals surface area contributed by atoms with Crippen molar-refractivity contribution < 1.29 is 19.1 Å². The number of pyridine rings is 1. The van der Waals surface area contributed by atoms with Crippen molar-refractivity contribution >= 4 is 22.8 Å². The van der Waals surface area contributed by atoms with Crippen LogP contribution < -0.4 is 5.56 Å². The van der Waals surface area contributed by atoms with Crippen molar-refractivity contribution in [3.63, 3.8) is 0 Å². The van der Waals surface area contributed by atoms with Gasteiger partial charge >= 0.3 is 11.9 Å². The van der Waals surface area contributed by atoms with E-state index >= 15 is 0 Å². The largest absolute Gasteiger partial charge is 0.466 e. The first-order valence-electron chi connectivity index (χ1n) is 6.47. The summed E-state index contributed by atoms with van der Waals surface area (Å²) in [6.07, 6.45) is -0.694. The first kappa shape index (κ1) is 14.8. The van der Waals surface area contributed by atoms with Crippen molar-refractivity contribution in [2.24, 2.45) is 0 Å². The number of esters is 2. The number of carbonyl (C=O) groups is 2. The van der Waals surface area contributed by atoms with E-state index < -0.39 is 23.6 Å². The van der Waals surface area contributed by atoms with E-state index in [1.807, 2.05) is 0 Å². The lowest BCUT2D eigenvalue weighted by atomic mass is 10.1. The number of hydrogen-bond acceptors (Lipinski definition) is 5. The lowest BCUT2D eigenvalue weighted by molar-refractivity contribution is -0.151. The normalized spacial score (nSPS) is 11.9. The molecule has 0 aliphatic carbocycles. The minimum absolute atomic E-state index is 0.122. The number of H-pyrrole nitrogens is 1. The summed E-state index contributed by atoms with van der Waals surface area (Å²) in [5, 5.41) is 0.557. The number of ether oxygens (including phenoxy) is 2. The molecule has 0 bridgehead atoms. The number of fused-ring (bicyclic) bond motifs is 1. The monoisotopic (exact) mass is 289 g/mol. The van der Waals surface area contributed by atoms with Crippen LogP contribution in [0.2, 0.25) is 0 Å². The van der Waals surface area contributed by atoms with Crippen LogP contribution in [0.4, 0.5) is 0 Å². The van der Waals surface area contributed by atoms with Crippen LogP contribution in [0.3, 0.4) is 0 Å². The van der Waals surface area contributed by atoms with Crippen LogP contribution in [-0.2, 0) is 14.3 Å². The number of methoxy groups -OCH3 is 1. The topological polar surface area (TPSA) is 85.5 Å². The molecule has 0 aliphatic rings. The number of nitrogens with one attached hydrogen (secondary N) is 1. The van der Waals surface area contributed by atoms with Crippen molar-refractivity contribution in [3.8, 4) is 0 Å². The van der Waals surface area contributed by atoms with Gasteiger partial charge in [0, 0.05) is 17.0 Å². The molecule has 0 saturated heterocycles. The van der Waals surface area contributed by atoms with Crippen molar-refractivity contribution in [1.82, 2.24) is 4.98 Å². The molecule has 0 aliphatic heterocycles. The number of benzene rings is 1. The third-order valence-electron chi connectivity index (χ3n) is 3.05. The van der Waals surface area contributed by atoms with E-state index in [2.05, 4.69) is 9.72 Å². The first-order chi connectivity index (χ1) is 10.1. The molecule has 0 radical (unpaired) electrons. The summed E-state index contributed by atoms with van der Waals surface area (Å²) in [6, 6.07) is 8.03. The van der Waals surface area contributed by atoms with E-state index in [-0.39, 0.29) is 5.56 Å². The van der Waals surface area contributed by atoms with E-state index in [4.69, 9.17) is 4.74 Å². The number of hydrogen-bond donors (Lipinski definition) is 1. The maximum Gasteiger partial charge on any atom is 0.347 e. The smallest absolute Gasteiger partial charge is 0.347 e. The van der Waals surface area contributed by atoms with Crippen LogP contribution >= 0.6 is 0 Å². The SMILES string of the molecule is CC[C@H](OC(=O)c1cc(=O)[nH]c2ccccc12)C(=O)OC. The Bertz CT molecular complexity index is 734. The summed E-state index contributed by atoms with van der Waals surface area (Å²) in [5.41, 5.74) is 0.242. The molecular weight excluding hydrogens is 274 g/mol. The summed E-state index contributed by atoms with van der Waals surface area (Å²) in [7, 11) is 1.22. The van der Waals surface area contributed by atoms with Crippen LogP contribution in [0.15, 0.2) is 35.1 Å². The van der Waals surface area contributed by atoms with Gasteiger partial charge in [0.2, 0.25) is 5.56 Å². The fraction of sp³-hybridized carbons (Fsp3) is 0.267. The van der Waals surface area contributed by atoms with Crippen molar-refractivity contribution in [2.75, 3.05) is 7.11 Å². The Morgan fingerprint density at radius 1 is 1.29 bits per heavy atom. The highest BCUT2D eigenvalue weighted by molar-refractivity contribution is 6.03. The van der Waals surface area contributed by atoms with Crippen LogP contribution in [0.5, 0.6) is 0 Å². The van der Waals surface area contributed by atoms with Crippen LogP contribution in [0.1, 0.15) is 23.7 Å². The fourth-order valence-electron chi connectivity index (χ4n) is 2.00. The van der Waals surface area contributed by atoms with Crippen LogP contribution in [0, 0.1) is 0 Å². The zero-order valence-corrected chi connectivity index (χ0v) is 11.7. The van der Waals surface area contributed by atoms with Gasteiger partial charge in [0.15, 0.2) is 6.10 Å². The summed E-state index contributed by atoms with van der Waals surface area (Å²) < 4.78 is 9.70. The summed E-state index contributed by atoms with van der Waals surface area (Å²) in [4.78, 5) is 37.9. The number of aromatic amines is 1. The van der Waals surface area contributed by atoms with Gasteiger partial charge in [-0.15, -0.1) is 0 Å². The van der Waals surface area contributed by atoms with Gasteiger partial charge < -0.3 is 14.5 Å². The van der Waals surface area contributed by atoms with Gasteiger partial charge in [-0.1, -0.05) is 25.1 Å². The fourth-order valence-corrected chi connectivity index (χ4v) is 2.00. The minimum Gasteiger partial charge on any atom is -0.466 e. The molecule has 1 N–H and O–H groups in total. The molecule has 0 amide bonds. The molecule has 110 valence electrons. The third-order valence-corrected chi connectivity index (χ3v) is 3.05. The lowest BCUT2D eigenvalue weighted by Gasteiger charge is -2.14. The number of rotatable bonds is 4. The molecule has 0 unspecified atom stereocenters. The molecule has 6 nitrogen and oxygen atoms in total. The maximum atomic E-state index is 12.2. The van der Waals surface area contributed by atoms with E-state index in [1.165, 1.54) is 7.11 Å². The number of carbonyl (C=O) groups excluding carboxylic acids is 2. The second kappa shape index (κ2) is 6.21. The second-order valence-electron chi connectivity index (χ2n) is 4.42. The molecular formula is C15H15NO5. The van der Waals surface area contributed by atoms with Gasteiger partial charge in [-0.05, 0) is 12.5 Å². The van der Waals surface area contributed by atoms with Gasteiger partial charge in [-0.3, -0.25) is 4.79 Å². The Labute approximate surface area is 120 Å². The zero-order chi connectivity index (χ0) is 15.4. The molecule has 1 atom stereocenters. The Morgan fingerprint density at radius 2 is 2.00 bits per heavy atom. The first-order valence-corrected chi connectivity index (χ1v) is 6.47. The van der Waals surface area contributed by atoms with E-state index in [0.717, 1.165) is 6.07 Å². The zero-order valence-electron chi connectivity index (χ0n) is 11.7. The summed E-state index contributed by atoms with van der Waals surface area (Å²) in [6.45, 7) is 1.70. The minimum atomic E-state index is -0.986. The average Bonchev–Trinajstić information content (AvgIpc) is 2.50. The number of para-hydroxylation sites is 1. The van der Waals surface area contributed by atoms with Crippen LogP contribution in [0.25, 0.3) is 10.9 Å². The molecule has 2 aromatic rings. The molecule has 1 aromatic heterocycles. The Morgan fingerprint density at radius 3 is 2.67 bits per heavy atom. The quantitative estimate of drug-likeness (QED) is 0.865. The van der Waals surface area contributed by atoms with Gasteiger partial charge in [-0.25, -0.2) is 9.59 Å².